The smallest absolute Gasteiger partial charge is 0.317 e. The summed E-state index contributed by atoms with van der Waals surface area (Å²) in [7, 11) is 1.64. The molecule has 0 bridgehead atoms. The summed E-state index contributed by atoms with van der Waals surface area (Å²) < 4.78 is 14.0. The van der Waals surface area contributed by atoms with E-state index in [1.807, 2.05) is 18.2 Å². The van der Waals surface area contributed by atoms with Gasteiger partial charge in [-0.1, -0.05) is 11.6 Å². The Morgan fingerprint density at radius 1 is 1.33 bits per heavy atom. The van der Waals surface area contributed by atoms with Crippen LogP contribution in [0.5, 0.6) is 0 Å². The molecule has 0 radical (unpaired) electrons. The van der Waals surface area contributed by atoms with Gasteiger partial charge in [0.1, 0.15) is 0 Å². The van der Waals surface area contributed by atoms with Gasteiger partial charge in [-0.25, -0.2) is 9.78 Å². The van der Waals surface area contributed by atoms with E-state index in [1.165, 1.54) is 0 Å². The third-order valence-electron chi connectivity index (χ3n) is 4.73. The quantitative estimate of drug-likeness (QED) is 0.593. The number of benzene rings is 1. The number of anilines is 1. The molecule has 0 spiro atoms. The molecule has 8 heteroatoms. The number of fused-ring (bicyclic) bond motifs is 1. The molecule has 1 saturated heterocycles. The molecule has 4 rings (SSSR count). The zero-order valence-corrected chi connectivity index (χ0v) is 15.5. The van der Waals surface area contributed by atoms with Crippen molar-refractivity contribution >= 4 is 34.2 Å². The second-order valence-corrected chi connectivity index (χ2v) is 6.91. The summed E-state index contributed by atoms with van der Waals surface area (Å²) in [4.78, 5) is 21.0. The molecule has 140 valence electrons. The predicted octanol–water partition coefficient (Wildman–Crippen LogP) is 3.98. The van der Waals surface area contributed by atoms with Crippen molar-refractivity contribution in [2.24, 2.45) is 0 Å². The summed E-state index contributed by atoms with van der Waals surface area (Å²) in [5.74, 6) is -0.577. The zero-order chi connectivity index (χ0) is 19.0. The zero-order valence-electron chi connectivity index (χ0n) is 14.8. The Morgan fingerprint density at radius 3 is 2.81 bits per heavy atom. The van der Waals surface area contributed by atoms with Crippen molar-refractivity contribution in [3.05, 3.63) is 47.0 Å². The van der Waals surface area contributed by atoms with E-state index in [9.17, 15) is 9.18 Å². The van der Waals surface area contributed by atoms with Gasteiger partial charge in [-0.3, -0.25) is 0 Å². The van der Waals surface area contributed by atoms with Crippen molar-refractivity contribution in [1.82, 2.24) is 20.2 Å². The molecule has 0 atom stereocenters. The van der Waals surface area contributed by atoms with Gasteiger partial charge in [-0.15, -0.1) is 0 Å². The van der Waals surface area contributed by atoms with Crippen molar-refractivity contribution in [3.63, 3.8) is 0 Å². The van der Waals surface area contributed by atoms with Gasteiger partial charge in [-0.2, -0.15) is 4.39 Å². The van der Waals surface area contributed by atoms with E-state index in [2.05, 4.69) is 20.6 Å². The van der Waals surface area contributed by atoms with Crippen LogP contribution in [0, 0.1) is 5.95 Å². The van der Waals surface area contributed by atoms with Crippen LogP contribution in [0.2, 0.25) is 5.02 Å². The second kappa shape index (κ2) is 7.08. The minimum atomic E-state index is -0.577. The molecular formula is C19H19ClFN5O. The molecule has 0 aliphatic carbocycles. The fourth-order valence-corrected chi connectivity index (χ4v) is 3.35. The maximum Gasteiger partial charge on any atom is 0.317 e. The van der Waals surface area contributed by atoms with Gasteiger partial charge in [-0.05, 0) is 36.8 Å². The highest BCUT2D eigenvalue weighted by Gasteiger charge is 2.19. The van der Waals surface area contributed by atoms with Crippen LogP contribution in [0.1, 0.15) is 12.1 Å². The summed E-state index contributed by atoms with van der Waals surface area (Å²) in [6.07, 6.45) is 1.06. The standard InChI is InChI=1S/C19H19ClFN5O/c1-22-16-4-3-15(25-18(16)21)13-9-17-11(8-14(13)20)7-12(24-17)10-23-19(27)26-5-2-6-26/h3-4,7-9,22,24H,2,5-6,10H2,1H3,(H,23,27). The van der Waals surface area contributed by atoms with E-state index in [4.69, 9.17) is 11.6 Å². The first-order valence-corrected chi connectivity index (χ1v) is 9.11. The maximum absolute atomic E-state index is 14.0. The summed E-state index contributed by atoms with van der Waals surface area (Å²) in [5.41, 5.74) is 3.15. The van der Waals surface area contributed by atoms with Crippen molar-refractivity contribution in [2.45, 2.75) is 13.0 Å². The fourth-order valence-electron chi connectivity index (χ4n) is 3.08. The molecule has 1 fully saturated rings. The number of pyridine rings is 1. The van der Waals surface area contributed by atoms with Crippen LogP contribution in [-0.2, 0) is 6.54 Å². The monoisotopic (exact) mass is 387 g/mol. The summed E-state index contributed by atoms with van der Waals surface area (Å²) in [6.45, 7) is 2.03. The van der Waals surface area contributed by atoms with Gasteiger partial charge >= 0.3 is 6.03 Å². The van der Waals surface area contributed by atoms with Crippen LogP contribution in [0.25, 0.3) is 22.2 Å². The van der Waals surface area contributed by atoms with Crippen LogP contribution in [0.4, 0.5) is 14.9 Å². The third-order valence-corrected chi connectivity index (χ3v) is 5.04. The third kappa shape index (κ3) is 3.42. The Bertz CT molecular complexity index is 1010. The number of nitrogens with zero attached hydrogens (tertiary/aromatic N) is 2. The van der Waals surface area contributed by atoms with Crippen LogP contribution in [0.3, 0.4) is 0 Å². The highest BCUT2D eigenvalue weighted by Crippen LogP contribution is 2.32. The normalized spacial score (nSPS) is 13.5. The number of likely N-dealkylation sites (tertiary alicyclic amines) is 1. The number of carbonyl (C=O) groups excluding carboxylic acids is 1. The number of halogens is 2. The van der Waals surface area contributed by atoms with Gasteiger partial charge in [0.2, 0.25) is 5.95 Å². The van der Waals surface area contributed by atoms with Crippen LogP contribution in [0.15, 0.2) is 30.3 Å². The van der Waals surface area contributed by atoms with Crippen LogP contribution < -0.4 is 10.6 Å². The van der Waals surface area contributed by atoms with Crippen molar-refractivity contribution in [2.75, 3.05) is 25.5 Å². The number of hydrogen-bond donors (Lipinski definition) is 3. The summed E-state index contributed by atoms with van der Waals surface area (Å²) in [6, 6.07) is 8.90. The molecule has 3 heterocycles. The van der Waals surface area contributed by atoms with E-state index in [0.29, 0.717) is 28.5 Å². The van der Waals surface area contributed by atoms with Crippen molar-refractivity contribution < 1.29 is 9.18 Å². The molecule has 2 amide bonds. The van der Waals surface area contributed by atoms with Gasteiger partial charge in [0.05, 0.1) is 22.9 Å². The highest BCUT2D eigenvalue weighted by atomic mass is 35.5. The number of amides is 2. The number of nitrogens with one attached hydrogen (secondary N) is 3. The Balaban J connectivity index is 1.59. The first-order chi connectivity index (χ1) is 13.0. The molecule has 1 aliphatic heterocycles. The fraction of sp³-hybridized carbons (Fsp3) is 0.263. The molecule has 2 aromatic heterocycles. The topological polar surface area (TPSA) is 73.1 Å². The SMILES string of the molecule is CNc1ccc(-c2cc3[nH]c(CNC(=O)N4CCC4)cc3cc2Cl)nc1F. The Labute approximate surface area is 160 Å². The van der Waals surface area contributed by atoms with Crippen molar-refractivity contribution in [1.29, 1.82) is 0 Å². The highest BCUT2D eigenvalue weighted by molar-refractivity contribution is 6.34. The average molecular weight is 388 g/mol. The molecule has 1 aromatic carbocycles. The number of carbonyl (C=O) groups is 1. The van der Waals surface area contributed by atoms with Crippen molar-refractivity contribution in [3.8, 4) is 11.3 Å². The van der Waals surface area contributed by atoms with Gasteiger partial charge in [0, 0.05) is 42.3 Å². The lowest BCUT2D eigenvalue weighted by Crippen LogP contribution is -2.47. The van der Waals surface area contributed by atoms with E-state index in [-0.39, 0.29) is 6.03 Å². The molecule has 1 aliphatic rings. The van der Waals surface area contributed by atoms with E-state index in [0.717, 1.165) is 36.1 Å². The summed E-state index contributed by atoms with van der Waals surface area (Å²) >= 11 is 6.40. The number of aromatic amines is 1. The number of aromatic nitrogens is 2. The van der Waals surface area contributed by atoms with E-state index in [1.54, 1.807) is 24.1 Å². The number of hydrogen-bond acceptors (Lipinski definition) is 3. The molecule has 0 saturated carbocycles. The Hall–Kier alpha value is -2.80. The lowest BCUT2D eigenvalue weighted by Gasteiger charge is -2.30. The minimum Gasteiger partial charge on any atom is -0.384 e. The Morgan fingerprint density at radius 2 is 2.15 bits per heavy atom. The molecule has 3 aromatic rings. The number of urea groups is 1. The van der Waals surface area contributed by atoms with E-state index >= 15 is 0 Å². The van der Waals surface area contributed by atoms with Gasteiger partial charge in [0.25, 0.3) is 0 Å². The Kier molecular flexibility index (Phi) is 4.61. The lowest BCUT2D eigenvalue weighted by molar-refractivity contribution is 0.167. The lowest BCUT2D eigenvalue weighted by atomic mass is 10.1. The summed E-state index contributed by atoms with van der Waals surface area (Å²) in [5, 5.41) is 7.05. The molecular weight excluding hydrogens is 369 g/mol. The predicted molar refractivity (Wildman–Crippen MR) is 104 cm³/mol. The van der Waals surface area contributed by atoms with Crippen LogP contribution in [-0.4, -0.2) is 41.0 Å². The average Bonchev–Trinajstić information content (AvgIpc) is 2.99. The first kappa shape index (κ1) is 17.6. The molecule has 0 unspecified atom stereocenters. The maximum atomic E-state index is 14.0. The van der Waals surface area contributed by atoms with Crippen LogP contribution >= 0.6 is 11.6 Å². The van der Waals surface area contributed by atoms with Gasteiger partial charge in [0.15, 0.2) is 0 Å². The molecule has 3 N–H and O–H groups in total. The molecule has 6 nitrogen and oxygen atoms in total. The number of rotatable bonds is 4. The second-order valence-electron chi connectivity index (χ2n) is 6.50. The van der Waals surface area contributed by atoms with E-state index < -0.39 is 5.95 Å². The first-order valence-electron chi connectivity index (χ1n) is 8.74. The minimum absolute atomic E-state index is 0.0528. The largest absolute Gasteiger partial charge is 0.384 e. The molecule has 27 heavy (non-hydrogen) atoms. The van der Waals surface area contributed by atoms with Gasteiger partial charge < -0.3 is 20.5 Å². The number of H-pyrrole nitrogens is 1.